The van der Waals surface area contributed by atoms with Crippen molar-refractivity contribution in [3.63, 3.8) is 0 Å². The minimum atomic E-state index is 0.876. The van der Waals surface area contributed by atoms with Crippen LogP contribution in [0.1, 0.15) is 6.92 Å². The lowest BCUT2D eigenvalue weighted by Crippen LogP contribution is -2.24. The van der Waals surface area contributed by atoms with Gasteiger partial charge in [-0.3, -0.25) is 0 Å². The fraction of sp³-hybridized carbons (Fsp3) is 0.417. The maximum Gasteiger partial charge on any atom is 0.139 e. The van der Waals surface area contributed by atoms with Crippen LogP contribution in [0.4, 0.5) is 5.82 Å². The number of hydrogen-bond donors (Lipinski definition) is 1. The molecule has 2 aromatic heterocycles. The van der Waals surface area contributed by atoms with E-state index in [1.54, 1.807) is 12.5 Å². The Morgan fingerprint density at radius 2 is 2.31 bits per heavy atom. The van der Waals surface area contributed by atoms with Crippen LogP contribution in [0.3, 0.4) is 0 Å². The van der Waals surface area contributed by atoms with Gasteiger partial charge in [0.1, 0.15) is 11.4 Å². The van der Waals surface area contributed by atoms with Crippen molar-refractivity contribution >= 4 is 16.8 Å². The molecule has 0 saturated carbocycles. The van der Waals surface area contributed by atoms with Gasteiger partial charge in [-0.15, -0.1) is 0 Å². The number of furan rings is 1. The van der Waals surface area contributed by atoms with E-state index in [2.05, 4.69) is 29.2 Å². The van der Waals surface area contributed by atoms with E-state index >= 15 is 0 Å². The van der Waals surface area contributed by atoms with Crippen LogP contribution in [-0.2, 0) is 0 Å². The van der Waals surface area contributed by atoms with Crippen LogP contribution in [0.25, 0.3) is 11.0 Å². The van der Waals surface area contributed by atoms with Crippen LogP contribution in [0.15, 0.2) is 29.0 Å². The molecule has 0 aliphatic carbocycles. The summed E-state index contributed by atoms with van der Waals surface area (Å²) in [7, 11) is 2.10. The lowest BCUT2D eigenvalue weighted by Gasteiger charge is -2.14. The third kappa shape index (κ3) is 2.33. The highest BCUT2D eigenvalue weighted by molar-refractivity contribution is 5.87. The summed E-state index contributed by atoms with van der Waals surface area (Å²) in [6.45, 7) is 5.11. The van der Waals surface area contributed by atoms with Crippen molar-refractivity contribution in [2.75, 3.05) is 32.0 Å². The van der Waals surface area contributed by atoms with Gasteiger partial charge in [-0.2, -0.15) is 0 Å². The van der Waals surface area contributed by atoms with E-state index in [9.17, 15) is 0 Å². The first kappa shape index (κ1) is 11.0. The molecule has 0 spiro atoms. The van der Waals surface area contributed by atoms with Gasteiger partial charge in [-0.05, 0) is 25.7 Å². The summed E-state index contributed by atoms with van der Waals surface area (Å²) in [5.74, 6) is 0.899. The van der Waals surface area contributed by atoms with E-state index in [0.29, 0.717) is 0 Å². The third-order valence-electron chi connectivity index (χ3n) is 2.71. The number of pyridine rings is 1. The summed E-state index contributed by atoms with van der Waals surface area (Å²) in [4.78, 5) is 6.56. The number of fused-ring (bicyclic) bond motifs is 1. The van der Waals surface area contributed by atoms with Gasteiger partial charge in [0.15, 0.2) is 0 Å². The minimum absolute atomic E-state index is 0.876. The normalized spacial score (nSPS) is 11.2. The lowest BCUT2D eigenvalue weighted by molar-refractivity contribution is 0.367. The quantitative estimate of drug-likeness (QED) is 0.837. The van der Waals surface area contributed by atoms with Crippen LogP contribution in [-0.4, -0.2) is 36.6 Å². The van der Waals surface area contributed by atoms with E-state index in [1.807, 2.05) is 12.1 Å². The van der Waals surface area contributed by atoms with E-state index in [0.717, 1.165) is 36.4 Å². The molecule has 2 heterocycles. The summed E-state index contributed by atoms with van der Waals surface area (Å²) >= 11 is 0. The molecule has 0 unspecified atom stereocenters. The summed E-state index contributed by atoms with van der Waals surface area (Å²) in [5.41, 5.74) is 0.876. The molecule has 0 bridgehead atoms. The number of likely N-dealkylation sites (N-methyl/N-ethyl adjacent to an activating group) is 1. The van der Waals surface area contributed by atoms with Crippen molar-refractivity contribution in [3.05, 3.63) is 24.6 Å². The monoisotopic (exact) mass is 219 g/mol. The summed E-state index contributed by atoms with van der Waals surface area (Å²) < 4.78 is 5.32. The second kappa shape index (κ2) is 4.99. The van der Waals surface area contributed by atoms with Crippen LogP contribution in [0.2, 0.25) is 0 Å². The van der Waals surface area contributed by atoms with Gasteiger partial charge in [-0.1, -0.05) is 6.92 Å². The highest BCUT2D eigenvalue weighted by Gasteiger charge is 2.03. The number of nitrogens with zero attached hydrogens (tertiary/aromatic N) is 2. The van der Waals surface area contributed by atoms with Crippen molar-refractivity contribution in [2.24, 2.45) is 0 Å². The van der Waals surface area contributed by atoms with Crippen molar-refractivity contribution < 1.29 is 4.42 Å². The van der Waals surface area contributed by atoms with Crippen LogP contribution < -0.4 is 5.32 Å². The van der Waals surface area contributed by atoms with Crippen molar-refractivity contribution in [1.29, 1.82) is 0 Å². The number of rotatable bonds is 5. The number of anilines is 1. The van der Waals surface area contributed by atoms with Crippen LogP contribution >= 0.6 is 0 Å². The Hall–Kier alpha value is -1.55. The van der Waals surface area contributed by atoms with Gasteiger partial charge in [0.25, 0.3) is 0 Å². The second-order valence-corrected chi connectivity index (χ2v) is 3.81. The SMILES string of the molecule is CCN(C)CCNc1nccc2occc12. The molecule has 4 nitrogen and oxygen atoms in total. The number of hydrogen-bond acceptors (Lipinski definition) is 4. The Morgan fingerprint density at radius 1 is 1.44 bits per heavy atom. The molecule has 0 aromatic carbocycles. The molecule has 0 radical (unpaired) electrons. The molecule has 0 aliphatic rings. The Morgan fingerprint density at radius 3 is 3.12 bits per heavy atom. The highest BCUT2D eigenvalue weighted by atomic mass is 16.3. The topological polar surface area (TPSA) is 41.3 Å². The van der Waals surface area contributed by atoms with Crippen molar-refractivity contribution in [2.45, 2.75) is 6.92 Å². The number of aromatic nitrogens is 1. The lowest BCUT2D eigenvalue weighted by atomic mass is 10.3. The van der Waals surface area contributed by atoms with Gasteiger partial charge in [0, 0.05) is 19.3 Å². The van der Waals surface area contributed by atoms with Gasteiger partial charge < -0.3 is 14.6 Å². The fourth-order valence-electron chi connectivity index (χ4n) is 1.56. The van der Waals surface area contributed by atoms with E-state index < -0.39 is 0 Å². The second-order valence-electron chi connectivity index (χ2n) is 3.81. The van der Waals surface area contributed by atoms with Crippen LogP contribution in [0.5, 0.6) is 0 Å². The molecule has 16 heavy (non-hydrogen) atoms. The molecular weight excluding hydrogens is 202 g/mol. The molecular formula is C12H17N3O. The average Bonchev–Trinajstić information content (AvgIpc) is 2.77. The molecule has 0 atom stereocenters. The first-order valence-corrected chi connectivity index (χ1v) is 5.56. The van der Waals surface area contributed by atoms with Gasteiger partial charge >= 0.3 is 0 Å². The van der Waals surface area contributed by atoms with E-state index in [-0.39, 0.29) is 0 Å². The van der Waals surface area contributed by atoms with Crippen molar-refractivity contribution in [3.8, 4) is 0 Å². The molecule has 0 saturated heterocycles. The van der Waals surface area contributed by atoms with Gasteiger partial charge in [0.2, 0.25) is 0 Å². The van der Waals surface area contributed by atoms with Gasteiger partial charge in [0.05, 0.1) is 11.6 Å². The first-order chi connectivity index (χ1) is 7.81. The molecule has 1 N–H and O–H groups in total. The molecule has 2 aromatic rings. The third-order valence-corrected chi connectivity index (χ3v) is 2.71. The Labute approximate surface area is 95.3 Å². The molecule has 0 fully saturated rings. The first-order valence-electron chi connectivity index (χ1n) is 5.56. The number of nitrogens with one attached hydrogen (secondary N) is 1. The predicted molar refractivity (Wildman–Crippen MR) is 65.7 cm³/mol. The maximum atomic E-state index is 5.32. The highest BCUT2D eigenvalue weighted by Crippen LogP contribution is 2.21. The zero-order valence-corrected chi connectivity index (χ0v) is 9.73. The summed E-state index contributed by atoms with van der Waals surface area (Å²) in [6, 6.07) is 3.81. The summed E-state index contributed by atoms with van der Waals surface area (Å²) in [6.07, 6.45) is 3.45. The Bertz CT molecular complexity index is 452. The summed E-state index contributed by atoms with van der Waals surface area (Å²) in [5, 5.41) is 4.37. The fourth-order valence-corrected chi connectivity index (χ4v) is 1.56. The predicted octanol–water partition coefficient (Wildman–Crippen LogP) is 2.19. The van der Waals surface area contributed by atoms with Gasteiger partial charge in [-0.25, -0.2) is 4.98 Å². The largest absolute Gasteiger partial charge is 0.464 e. The minimum Gasteiger partial charge on any atom is -0.464 e. The Balaban J connectivity index is 2.01. The van der Waals surface area contributed by atoms with E-state index in [4.69, 9.17) is 4.42 Å². The van der Waals surface area contributed by atoms with Crippen LogP contribution in [0, 0.1) is 0 Å². The zero-order valence-electron chi connectivity index (χ0n) is 9.73. The van der Waals surface area contributed by atoms with Crippen molar-refractivity contribution in [1.82, 2.24) is 9.88 Å². The smallest absolute Gasteiger partial charge is 0.139 e. The molecule has 0 aliphatic heterocycles. The molecule has 2 rings (SSSR count). The Kier molecular flexibility index (Phi) is 3.41. The molecule has 0 amide bonds. The van der Waals surface area contributed by atoms with E-state index in [1.165, 1.54) is 0 Å². The molecule has 86 valence electrons. The zero-order chi connectivity index (χ0) is 11.4. The standard InChI is InChI=1S/C12H17N3O/c1-3-15(2)8-7-14-12-10-5-9-16-11(10)4-6-13-12/h4-6,9H,3,7-8H2,1-2H3,(H,13,14). The average molecular weight is 219 g/mol. The maximum absolute atomic E-state index is 5.32. The molecule has 4 heteroatoms.